The summed E-state index contributed by atoms with van der Waals surface area (Å²) in [6, 6.07) is 4.41. The van der Waals surface area contributed by atoms with Gasteiger partial charge in [-0.25, -0.2) is 8.42 Å². The Kier molecular flexibility index (Phi) is 6.96. The molecule has 1 N–H and O–H groups in total. The third-order valence-corrected chi connectivity index (χ3v) is 6.56. The van der Waals surface area contributed by atoms with Gasteiger partial charge in [0, 0.05) is 30.2 Å². The molecule has 1 amide bonds. The topological polar surface area (TPSA) is 69.7 Å². The van der Waals surface area contributed by atoms with Gasteiger partial charge < -0.3 is 5.32 Å². The summed E-state index contributed by atoms with van der Waals surface area (Å²) in [5.41, 5.74) is -0.290. The molecule has 1 aromatic rings. The molecule has 146 valence electrons. The first-order valence-corrected chi connectivity index (χ1v) is 10.7. The third-order valence-electron chi connectivity index (χ3n) is 3.94. The highest BCUT2D eigenvalue weighted by molar-refractivity contribution is 7.89. The van der Waals surface area contributed by atoms with Crippen molar-refractivity contribution in [3.8, 4) is 0 Å². The van der Waals surface area contributed by atoms with Crippen molar-refractivity contribution >= 4 is 39.1 Å². The van der Waals surface area contributed by atoms with Gasteiger partial charge in [0.05, 0.1) is 11.6 Å². The Morgan fingerprint density at radius 1 is 1.15 bits per heavy atom. The molecule has 2 rings (SSSR count). The van der Waals surface area contributed by atoms with Gasteiger partial charge >= 0.3 is 0 Å². The lowest BCUT2D eigenvalue weighted by Gasteiger charge is -2.25. The van der Waals surface area contributed by atoms with Gasteiger partial charge in [-0.15, -0.1) is 0 Å². The van der Waals surface area contributed by atoms with Gasteiger partial charge in [-0.2, -0.15) is 4.31 Å². The van der Waals surface area contributed by atoms with Crippen LogP contribution >= 0.6 is 23.2 Å². The van der Waals surface area contributed by atoms with Crippen LogP contribution in [0.4, 0.5) is 0 Å². The molecule has 0 aromatic heterocycles. The predicted octanol–water partition coefficient (Wildman–Crippen LogP) is 2.60. The number of amides is 1. The van der Waals surface area contributed by atoms with Crippen LogP contribution in [0, 0.1) is 0 Å². The predicted molar refractivity (Wildman–Crippen MR) is 104 cm³/mol. The summed E-state index contributed by atoms with van der Waals surface area (Å²) in [6.45, 7) is 7.85. The van der Waals surface area contributed by atoms with E-state index in [2.05, 4.69) is 5.32 Å². The maximum atomic E-state index is 12.9. The van der Waals surface area contributed by atoms with E-state index in [1.54, 1.807) is 6.07 Å². The lowest BCUT2D eigenvalue weighted by molar-refractivity contribution is -0.123. The van der Waals surface area contributed by atoms with Crippen LogP contribution in [0.1, 0.15) is 27.2 Å². The highest BCUT2D eigenvalue weighted by Gasteiger charge is 2.29. The van der Waals surface area contributed by atoms with Gasteiger partial charge in [-0.3, -0.25) is 9.69 Å². The lowest BCUT2D eigenvalue weighted by atomic mass is 10.1. The largest absolute Gasteiger partial charge is 0.350 e. The molecule has 6 nitrogen and oxygen atoms in total. The van der Waals surface area contributed by atoms with Gasteiger partial charge in [-0.05, 0) is 51.9 Å². The summed E-state index contributed by atoms with van der Waals surface area (Å²) in [7, 11) is -3.73. The average Bonchev–Trinajstić information content (AvgIpc) is 2.73. The quantitative estimate of drug-likeness (QED) is 0.810. The summed E-state index contributed by atoms with van der Waals surface area (Å²) in [5, 5.41) is 3.40. The van der Waals surface area contributed by atoms with Crippen molar-refractivity contribution in [1.82, 2.24) is 14.5 Å². The molecular weight excluding hydrogens is 397 g/mol. The zero-order valence-electron chi connectivity index (χ0n) is 15.3. The summed E-state index contributed by atoms with van der Waals surface area (Å²) >= 11 is 12.0. The molecule has 0 spiro atoms. The normalized spacial score (nSPS) is 17.7. The van der Waals surface area contributed by atoms with E-state index in [9.17, 15) is 13.2 Å². The van der Waals surface area contributed by atoms with Crippen molar-refractivity contribution in [3.63, 3.8) is 0 Å². The second kappa shape index (κ2) is 8.44. The van der Waals surface area contributed by atoms with E-state index in [0.29, 0.717) is 37.6 Å². The van der Waals surface area contributed by atoms with Crippen LogP contribution < -0.4 is 5.32 Å². The monoisotopic (exact) mass is 421 g/mol. The van der Waals surface area contributed by atoms with Gasteiger partial charge in [-0.1, -0.05) is 23.2 Å². The van der Waals surface area contributed by atoms with Crippen molar-refractivity contribution in [2.45, 2.75) is 37.6 Å². The Morgan fingerprint density at radius 2 is 1.85 bits per heavy atom. The Bertz CT molecular complexity index is 763. The van der Waals surface area contributed by atoms with E-state index in [1.807, 2.05) is 25.7 Å². The maximum Gasteiger partial charge on any atom is 0.244 e. The lowest BCUT2D eigenvalue weighted by Crippen LogP contribution is -2.46. The van der Waals surface area contributed by atoms with E-state index >= 15 is 0 Å². The number of hydrogen-bond acceptors (Lipinski definition) is 4. The molecule has 1 aliphatic rings. The maximum absolute atomic E-state index is 12.9. The minimum Gasteiger partial charge on any atom is -0.350 e. The second-order valence-electron chi connectivity index (χ2n) is 7.41. The number of nitrogens with zero attached hydrogens (tertiary/aromatic N) is 2. The molecule has 0 atom stereocenters. The number of sulfonamides is 1. The van der Waals surface area contributed by atoms with Crippen LogP contribution in [0.15, 0.2) is 23.1 Å². The van der Waals surface area contributed by atoms with Gasteiger partial charge in [0.15, 0.2) is 0 Å². The first kappa shape index (κ1) is 21.4. The Balaban J connectivity index is 2.06. The minimum atomic E-state index is -3.73. The summed E-state index contributed by atoms with van der Waals surface area (Å²) in [6.07, 6.45) is 0.639. The molecule has 0 unspecified atom stereocenters. The molecule has 1 fully saturated rings. The molecule has 1 heterocycles. The zero-order chi connectivity index (χ0) is 19.5. The van der Waals surface area contributed by atoms with Crippen LogP contribution in [-0.2, 0) is 14.8 Å². The molecule has 0 radical (unpaired) electrons. The summed E-state index contributed by atoms with van der Waals surface area (Å²) < 4.78 is 27.2. The molecule has 26 heavy (non-hydrogen) atoms. The molecular formula is C17H25Cl2N3O3S. The van der Waals surface area contributed by atoms with Gasteiger partial charge in [0.2, 0.25) is 15.9 Å². The highest BCUT2D eigenvalue weighted by atomic mass is 35.5. The molecule has 9 heteroatoms. The van der Waals surface area contributed by atoms with E-state index in [4.69, 9.17) is 23.2 Å². The van der Waals surface area contributed by atoms with Crippen molar-refractivity contribution in [2.24, 2.45) is 0 Å². The number of nitrogens with one attached hydrogen (secondary N) is 1. The summed E-state index contributed by atoms with van der Waals surface area (Å²) in [4.78, 5) is 14.1. The van der Waals surface area contributed by atoms with Crippen molar-refractivity contribution in [2.75, 3.05) is 32.7 Å². The molecule has 0 aliphatic carbocycles. The number of carbonyl (C=O) groups is 1. The van der Waals surface area contributed by atoms with E-state index in [-0.39, 0.29) is 27.9 Å². The first-order chi connectivity index (χ1) is 12.0. The second-order valence-corrected chi connectivity index (χ2v) is 10.2. The van der Waals surface area contributed by atoms with Crippen LogP contribution in [0.5, 0.6) is 0 Å². The zero-order valence-corrected chi connectivity index (χ0v) is 17.6. The fourth-order valence-electron chi connectivity index (χ4n) is 2.82. The van der Waals surface area contributed by atoms with E-state index < -0.39 is 10.0 Å². The highest BCUT2D eigenvalue weighted by Crippen LogP contribution is 2.28. The van der Waals surface area contributed by atoms with E-state index in [0.717, 1.165) is 0 Å². The first-order valence-electron chi connectivity index (χ1n) is 8.47. The van der Waals surface area contributed by atoms with Crippen molar-refractivity contribution < 1.29 is 13.2 Å². The summed E-state index contributed by atoms with van der Waals surface area (Å²) in [5.74, 6) is -0.0632. The fraction of sp³-hybridized carbons (Fsp3) is 0.588. The molecule has 0 saturated carbocycles. The SMILES string of the molecule is CC(C)(C)NC(=O)CN1CCCN(S(=O)(=O)c2cc(Cl)ccc2Cl)CC1. The van der Waals surface area contributed by atoms with E-state index in [1.165, 1.54) is 16.4 Å². The van der Waals surface area contributed by atoms with Crippen LogP contribution in [-0.4, -0.2) is 61.8 Å². The molecule has 1 aromatic carbocycles. The third kappa shape index (κ3) is 5.82. The smallest absolute Gasteiger partial charge is 0.244 e. The molecule has 0 bridgehead atoms. The van der Waals surface area contributed by atoms with Crippen LogP contribution in [0.3, 0.4) is 0 Å². The van der Waals surface area contributed by atoms with Crippen molar-refractivity contribution in [1.29, 1.82) is 0 Å². The number of hydrogen-bond donors (Lipinski definition) is 1. The standard InChI is InChI=1S/C17H25Cl2N3O3S/c1-17(2,3)20-16(23)12-21-7-4-8-22(10-9-21)26(24,25)15-11-13(18)5-6-14(15)19/h5-6,11H,4,7-10,12H2,1-3H3,(H,20,23). The minimum absolute atomic E-state index is 0.0191. The number of benzene rings is 1. The Hall–Kier alpha value is -0.860. The number of carbonyl (C=O) groups excluding carboxylic acids is 1. The fourth-order valence-corrected chi connectivity index (χ4v) is 5.03. The van der Waals surface area contributed by atoms with Crippen LogP contribution in [0.2, 0.25) is 10.0 Å². The molecule has 1 saturated heterocycles. The average molecular weight is 422 g/mol. The van der Waals surface area contributed by atoms with Gasteiger partial charge in [0.25, 0.3) is 0 Å². The van der Waals surface area contributed by atoms with Crippen LogP contribution in [0.25, 0.3) is 0 Å². The number of halogens is 2. The Morgan fingerprint density at radius 3 is 2.50 bits per heavy atom. The van der Waals surface area contributed by atoms with Crippen molar-refractivity contribution in [3.05, 3.63) is 28.2 Å². The van der Waals surface area contributed by atoms with Gasteiger partial charge in [0.1, 0.15) is 4.90 Å². The molecule has 1 aliphatic heterocycles. The number of rotatable bonds is 4. The Labute approximate surface area is 165 Å².